The summed E-state index contributed by atoms with van der Waals surface area (Å²) in [6.07, 6.45) is 8.56. The number of aryl methyl sites for hydroxylation is 1. The van der Waals surface area contributed by atoms with E-state index < -0.39 is 0 Å². The number of halogens is 1. The standard InChI is InChI=1S/C26H26FN7O/c1-32(2)26-29-15-21(17-6-4-7-20(27)12-17)24(31-26)23-8-5-11-34(23)25(35)18-9-10-22(28-13-18)19-14-30-33(3)16-19/h4,6-7,9-10,12-16,23H,5,8,11H2,1-3H3/t23-/m1/s1. The molecule has 0 aliphatic carbocycles. The number of rotatable bonds is 5. The summed E-state index contributed by atoms with van der Waals surface area (Å²) in [6, 6.07) is 9.77. The molecule has 1 fully saturated rings. The number of nitrogens with zero attached hydrogens (tertiary/aromatic N) is 7. The Kier molecular flexibility index (Phi) is 5.98. The Morgan fingerprint density at radius 1 is 1.09 bits per heavy atom. The smallest absolute Gasteiger partial charge is 0.255 e. The van der Waals surface area contributed by atoms with Crippen LogP contribution in [0.25, 0.3) is 22.4 Å². The number of aromatic nitrogens is 5. The van der Waals surface area contributed by atoms with Crippen molar-refractivity contribution in [3.8, 4) is 22.4 Å². The predicted molar refractivity (Wildman–Crippen MR) is 131 cm³/mol. The molecule has 1 aliphatic rings. The number of pyridine rings is 1. The lowest BCUT2D eigenvalue weighted by molar-refractivity contribution is 0.0733. The van der Waals surface area contributed by atoms with Gasteiger partial charge < -0.3 is 9.80 Å². The van der Waals surface area contributed by atoms with Gasteiger partial charge >= 0.3 is 0 Å². The van der Waals surface area contributed by atoms with Crippen molar-refractivity contribution in [2.45, 2.75) is 18.9 Å². The molecule has 0 unspecified atom stereocenters. The van der Waals surface area contributed by atoms with E-state index in [1.165, 1.54) is 12.1 Å². The molecular formula is C26H26FN7O. The zero-order chi connectivity index (χ0) is 24.5. The Labute approximate surface area is 203 Å². The van der Waals surface area contributed by atoms with Crippen LogP contribution in [-0.2, 0) is 7.05 Å². The maximum absolute atomic E-state index is 14.0. The second-order valence-electron chi connectivity index (χ2n) is 8.87. The number of hydrogen-bond donors (Lipinski definition) is 0. The zero-order valence-electron chi connectivity index (χ0n) is 19.9. The van der Waals surface area contributed by atoms with Crippen LogP contribution in [0.5, 0.6) is 0 Å². The minimum absolute atomic E-state index is 0.104. The van der Waals surface area contributed by atoms with E-state index in [0.717, 1.165) is 35.4 Å². The fourth-order valence-corrected chi connectivity index (χ4v) is 4.44. The van der Waals surface area contributed by atoms with Crippen molar-refractivity contribution in [3.05, 3.63) is 78.3 Å². The van der Waals surface area contributed by atoms with Crippen molar-refractivity contribution >= 4 is 11.9 Å². The van der Waals surface area contributed by atoms with Crippen LogP contribution in [-0.4, -0.2) is 56.2 Å². The summed E-state index contributed by atoms with van der Waals surface area (Å²) in [5.74, 6) is 0.110. The maximum atomic E-state index is 14.0. The minimum atomic E-state index is -0.329. The summed E-state index contributed by atoms with van der Waals surface area (Å²) in [6.45, 7) is 0.609. The summed E-state index contributed by atoms with van der Waals surface area (Å²) in [5.41, 5.74) is 4.30. The van der Waals surface area contributed by atoms with Crippen molar-refractivity contribution in [2.75, 3.05) is 25.5 Å². The third-order valence-corrected chi connectivity index (χ3v) is 6.18. The van der Waals surface area contributed by atoms with E-state index in [-0.39, 0.29) is 17.8 Å². The average molecular weight is 472 g/mol. The molecule has 8 nitrogen and oxygen atoms in total. The molecule has 1 atom stereocenters. The van der Waals surface area contributed by atoms with E-state index in [9.17, 15) is 9.18 Å². The second kappa shape index (κ2) is 9.25. The maximum Gasteiger partial charge on any atom is 0.255 e. The summed E-state index contributed by atoms with van der Waals surface area (Å²) < 4.78 is 15.7. The van der Waals surface area contributed by atoms with Crippen LogP contribution in [0.15, 0.2) is 61.2 Å². The van der Waals surface area contributed by atoms with Crippen molar-refractivity contribution < 1.29 is 9.18 Å². The van der Waals surface area contributed by atoms with Crippen LogP contribution in [0.2, 0.25) is 0 Å². The van der Waals surface area contributed by atoms with E-state index in [1.54, 1.807) is 35.4 Å². The number of hydrogen-bond acceptors (Lipinski definition) is 6. The molecule has 1 amide bonds. The van der Waals surface area contributed by atoms with Crippen LogP contribution in [0, 0.1) is 5.82 Å². The Bertz CT molecular complexity index is 1370. The molecule has 4 heterocycles. The number of amides is 1. The van der Waals surface area contributed by atoms with Crippen molar-refractivity contribution in [1.82, 2.24) is 29.6 Å². The first-order chi connectivity index (χ1) is 16.9. The molecule has 0 N–H and O–H groups in total. The van der Waals surface area contributed by atoms with Gasteiger partial charge in [0.05, 0.1) is 29.2 Å². The normalized spacial score (nSPS) is 15.4. The highest BCUT2D eigenvalue weighted by Crippen LogP contribution is 2.38. The number of carbonyl (C=O) groups excluding carboxylic acids is 1. The van der Waals surface area contributed by atoms with E-state index in [4.69, 9.17) is 4.98 Å². The molecule has 3 aromatic heterocycles. The van der Waals surface area contributed by atoms with Gasteiger partial charge in [-0.05, 0) is 42.7 Å². The number of carbonyl (C=O) groups is 1. The first kappa shape index (κ1) is 22.6. The van der Waals surface area contributed by atoms with Crippen LogP contribution >= 0.6 is 0 Å². The van der Waals surface area contributed by atoms with E-state index in [1.807, 2.05) is 49.3 Å². The second-order valence-corrected chi connectivity index (χ2v) is 8.87. The molecule has 1 aliphatic heterocycles. The van der Waals surface area contributed by atoms with Gasteiger partial charge in [-0.3, -0.25) is 14.5 Å². The molecule has 9 heteroatoms. The molecule has 35 heavy (non-hydrogen) atoms. The fraction of sp³-hybridized carbons (Fsp3) is 0.269. The van der Waals surface area contributed by atoms with Crippen LogP contribution < -0.4 is 4.90 Å². The molecule has 1 saturated heterocycles. The van der Waals surface area contributed by atoms with Gasteiger partial charge in [0.2, 0.25) is 5.95 Å². The lowest BCUT2D eigenvalue weighted by Gasteiger charge is -2.27. The molecule has 0 radical (unpaired) electrons. The van der Waals surface area contributed by atoms with Crippen LogP contribution in [0.1, 0.15) is 34.9 Å². The lowest BCUT2D eigenvalue weighted by atomic mass is 9.99. The van der Waals surface area contributed by atoms with E-state index in [0.29, 0.717) is 23.6 Å². The van der Waals surface area contributed by atoms with Crippen LogP contribution in [0.4, 0.5) is 10.3 Å². The van der Waals surface area contributed by atoms with Gasteiger partial charge in [0.1, 0.15) is 5.82 Å². The van der Waals surface area contributed by atoms with Gasteiger partial charge in [0.15, 0.2) is 0 Å². The van der Waals surface area contributed by atoms with Gasteiger partial charge in [-0.2, -0.15) is 5.10 Å². The summed E-state index contributed by atoms with van der Waals surface area (Å²) >= 11 is 0. The van der Waals surface area contributed by atoms with Gasteiger partial charge in [-0.25, -0.2) is 14.4 Å². The van der Waals surface area contributed by atoms with Crippen molar-refractivity contribution in [2.24, 2.45) is 7.05 Å². The first-order valence-corrected chi connectivity index (χ1v) is 11.5. The molecule has 5 rings (SSSR count). The molecule has 0 spiro atoms. The Balaban J connectivity index is 1.49. The third-order valence-electron chi connectivity index (χ3n) is 6.18. The Morgan fingerprint density at radius 3 is 2.63 bits per heavy atom. The highest BCUT2D eigenvalue weighted by molar-refractivity contribution is 5.94. The summed E-state index contributed by atoms with van der Waals surface area (Å²) in [4.78, 5) is 31.0. The average Bonchev–Trinajstić information content (AvgIpc) is 3.53. The predicted octanol–water partition coefficient (Wildman–Crippen LogP) is 4.12. The van der Waals surface area contributed by atoms with E-state index in [2.05, 4.69) is 15.1 Å². The Morgan fingerprint density at radius 2 is 1.94 bits per heavy atom. The quantitative estimate of drug-likeness (QED) is 0.436. The fourth-order valence-electron chi connectivity index (χ4n) is 4.44. The van der Waals surface area contributed by atoms with Gasteiger partial charge in [0.25, 0.3) is 5.91 Å². The zero-order valence-corrected chi connectivity index (χ0v) is 19.9. The number of likely N-dealkylation sites (tertiary alicyclic amines) is 1. The lowest BCUT2D eigenvalue weighted by Crippen LogP contribution is -2.31. The van der Waals surface area contributed by atoms with Crippen molar-refractivity contribution in [1.29, 1.82) is 0 Å². The highest BCUT2D eigenvalue weighted by atomic mass is 19.1. The molecule has 1 aromatic carbocycles. The number of anilines is 1. The molecule has 4 aromatic rings. The van der Waals surface area contributed by atoms with Gasteiger partial charge in [0, 0.05) is 57.4 Å². The first-order valence-electron chi connectivity index (χ1n) is 11.5. The molecule has 0 bridgehead atoms. The third kappa shape index (κ3) is 4.49. The number of benzene rings is 1. The molecule has 0 saturated carbocycles. The SMILES string of the molecule is CN(C)c1ncc(-c2cccc(F)c2)c([C@H]2CCCN2C(=O)c2ccc(-c3cnn(C)c3)nc2)n1. The Hall–Kier alpha value is -4.14. The molecule has 178 valence electrons. The highest BCUT2D eigenvalue weighted by Gasteiger charge is 2.34. The molecular weight excluding hydrogens is 445 g/mol. The largest absolute Gasteiger partial charge is 0.347 e. The van der Waals surface area contributed by atoms with Crippen LogP contribution in [0.3, 0.4) is 0 Å². The topological polar surface area (TPSA) is 80.0 Å². The monoisotopic (exact) mass is 471 g/mol. The van der Waals surface area contributed by atoms with Gasteiger partial charge in [-0.15, -0.1) is 0 Å². The minimum Gasteiger partial charge on any atom is -0.347 e. The summed E-state index contributed by atoms with van der Waals surface area (Å²) in [5, 5.41) is 4.18. The van der Waals surface area contributed by atoms with Gasteiger partial charge in [-0.1, -0.05) is 12.1 Å². The van der Waals surface area contributed by atoms with E-state index >= 15 is 0 Å². The van der Waals surface area contributed by atoms with Crippen molar-refractivity contribution in [3.63, 3.8) is 0 Å². The summed E-state index contributed by atoms with van der Waals surface area (Å²) in [7, 11) is 5.59.